The molecular weight excluding hydrogens is 213 g/mol. The fraction of sp³-hybridized carbons (Fsp3) is 0.667. The molecule has 1 nitrogen and oxygen atoms in total. The van der Waals surface area contributed by atoms with E-state index >= 15 is 0 Å². The van der Waals surface area contributed by atoms with Crippen LogP contribution in [0.25, 0.3) is 0 Å². The second kappa shape index (κ2) is 5.56. The van der Waals surface area contributed by atoms with Gasteiger partial charge in [-0.2, -0.15) is 0 Å². The first-order valence-corrected chi connectivity index (χ1v) is 3.96. The zero-order chi connectivity index (χ0) is 6.41. The Morgan fingerprint density at radius 1 is 1.75 bits per heavy atom. The predicted molar refractivity (Wildman–Crippen MR) is 46.3 cm³/mol. The van der Waals surface area contributed by atoms with Crippen molar-refractivity contribution in [2.75, 3.05) is 13.6 Å². The molecule has 8 heavy (non-hydrogen) atoms. The summed E-state index contributed by atoms with van der Waals surface area (Å²) in [5, 5.41) is 3.09. The molecule has 0 aromatic carbocycles. The van der Waals surface area contributed by atoms with Gasteiger partial charge < -0.3 is 5.32 Å². The Bertz CT molecular complexity index is 78.6. The van der Waals surface area contributed by atoms with Crippen LogP contribution in [0.2, 0.25) is 0 Å². The SMILES string of the molecule is CNCC/C(C)=C/I. The van der Waals surface area contributed by atoms with Crippen LogP contribution in [-0.2, 0) is 0 Å². The van der Waals surface area contributed by atoms with Crippen LogP contribution < -0.4 is 5.32 Å². The normalized spacial score (nSPS) is 12.1. The monoisotopic (exact) mass is 225 g/mol. The predicted octanol–water partition coefficient (Wildman–Crippen LogP) is 1.93. The third-order valence-electron chi connectivity index (χ3n) is 0.956. The van der Waals surface area contributed by atoms with Crippen molar-refractivity contribution in [3.8, 4) is 0 Å². The maximum absolute atomic E-state index is 3.09. The van der Waals surface area contributed by atoms with Crippen LogP contribution in [0.3, 0.4) is 0 Å². The van der Waals surface area contributed by atoms with Gasteiger partial charge in [-0.3, -0.25) is 0 Å². The van der Waals surface area contributed by atoms with Gasteiger partial charge in [0.1, 0.15) is 0 Å². The topological polar surface area (TPSA) is 12.0 Å². The van der Waals surface area contributed by atoms with Gasteiger partial charge in [-0.25, -0.2) is 0 Å². The third-order valence-corrected chi connectivity index (χ3v) is 2.02. The van der Waals surface area contributed by atoms with Gasteiger partial charge in [0.2, 0.25) is 0 Å². The molecule has 2 heteroatoms. The van der Waals surface area contributed by atoms with Gasteiger partial charge in [-0.1, -0.05) is 28.2 Å². The van der Waals surface area contributed by atoms with Gasteiger partial charge in [0.25, 0.3) is 0 Å². The molecule has 0 spiro atoms. The Balaban J connectivity index is 3.12. The van der Waals surface area contributed by atoms with Crippen LogP contribution in [0.15, 0.2) is 9.66 Å². The van der Waals surface area contributed by atoms with Gasteiger partial charge in [-0.15, -0.1) is 0 Å². The summed E-state index contributed by atoms with van der Waals surface area (Å²) in [6, 6.07) is 0. The number of hydrogen-bond donors (Lipinski definition) is 1. The van der Waals surface area contributed by atoms with E-state index in [1.807, 2.05) is 7.05 Å². The first-order chi connectivity index (χ1) is 3.81. The molecule has 1 N–H and O–H groups in total. The largest absolute Gasteiger partial charge is 0.319 e. The van der Waals surface area contributed by atoms with E-state index in [1.54, 1.807) is 0 Å². The van der Waals surface area contributed by atoms with Crippen LogP contribution in [0, 0.1) is 0 Å². The number of hydrogen-bond acceptors (Lipinski definition) is 1. The Hall–Kier alpha value is 0.430. The highest BCUT2D eigenvalue weighted by atomic mass is 127. The highest BCUT2D eigenvalue weighted by Crippen LogP contribution is 2.00. The van der Waals surface area contributed by atoms with Gasteiger partial charge >= 0.3 is 0 Å². The average molecular weight is 225 g/mol. The van der Waals surface area contributed by atoms with Crippen LogP contribution in [0.1, 0.15) is 13.3 Å². The lowest BCUT2D eigenvalue weighted by Gasteiger charge is -1.95. The first kappa shape index (κ1) is 8.43. The fourth-order valence-corrected chi connectivity index (χ4v) is 0.688. The summed E-state index contributed by atoms with van der Waals surface area (Å²) in [7, 11) is 1.97. The second-order valence-electron chi connectivity index (χ2n) is 1.81. The van der Waals surface area contributed by atoms with Crippen molar-refractivity contribution in [2.24, 2.45) is 0 Å². The van der Waals surface area contributed by atoms with E-state index in [-0.39, 0.29) is 0 Å². The summed E-state index contributed by atoms with van der Waals surface area (Å²) >= 11 is 2.26. The lowest BCUT2D eigenvalue weighted by atomic mass is 10.2. The van der Waals surface area contributed by atoms with Crippen LogP contribution in [0.5, 0.6) is 0 Å². The maximum atomic E-state index is 3.09. The molecule has 0 amide bonds. The highest BCUT2D eigenvalue weighted by molar-refractivity contribution is 14.1. The summed E-state index contributed by atoms with van der Waals surface area (Å²) in [6.45, 7) is 3.23. The molecule has 0 heterocycles. The van der Waals surface area contributed by atoms with E-state index in [1.165, 1.54) is 12.0 Å². The molecule has 0 rings (SSSR count). The summed E-state index contributed by atoms with van der Waals surface area (Å²) in [5.74, 6) is 0. The van der Waals surface area contributed by atoms with Crippen molar-refractivity contribution < 1.29 is 0 Å². The first-order valence-electron chi connectivity index (χ1n) is 2.71. The molecular formula is C6H12IN. The smallest absolute Gasteiger partial charge is 0.00144 e. The van der Waals surface area contributed by atoms with Crippen molar-refractivity contribution in [2.45, 2.75) is 13.3 Å². The summed E-state index contributed by atoms with van der Waals surface area (Å²) in [4.78, 5) is 0. The molecule has 48 valence electrons. The zero-order valence-corrected chi connectivity index (χ0v) is 7.53. The molecule has 0 aromatic heterocycles. The van der Waals surface area contributed by atoms with Crippen LogP contribution in [-0.4, -0.2) is 13.6 Å². The van der Waals surface area contributed by atoms with E-state index in [0.717, 1.165) is 6.54 Å². The minimum absolute atomic E-state index is 1.09. The molecule has 0 aliphatic heterocycles. The Morgan fingerprint density at radius 3 is 2.75 bits per heavy atom. The van der Waals surface area contributed by atoms with Crippen molar-refractivity contribution in [1.82, 2.24) is 5.32 Å². The van der Waals surface area contributed by atoms with Crippen molar-refractivity contribution in [3.63, 3.8) is 0 Å². The van der Waals surface area contributed by atoms with Crippen molar-refractivity contribution in [1.29, 1.82) is 0 Å². The van der Waals surface area contributed by atoms with E-state index in [4.69, 9.17) is 0 Å². The van der Waals surface area contributed by atoms with E-state index in [0.29, 0.717) is 0 Å². The number of halogens is 1. The fourth-order valence-electron chi connectivity index (χ4n) is 0.377. The van der Waals surface area contributed by atoms with Gasteiger partial charge in [0.15, 0.2) is 0 Å². The quantitative estimate of drug-likeness (QED) is 0.723. The van der Waals surface area contributed by atoms with Crippen LogP contribution in [0.4, 0.5) is 0 Å². The highest BCUT2D eigenvalue weighted by Gasteiger charge is 1.83. The molecule has 0 saturated carbocycles. The molecule has 0 atom stereocenters. The summed E-state index contributed by atoms with van der Waals surface area (Å²) < 4.78 is 2.12. The molecule has 0 saturated heterocycles. The van der Waals surface area contributed by atoms with E-state index in [2.05, 4.69) is 38.9 Å². The average Bonchev–Trinajstić information content (AvgIpc) is 1.83. The molecule has 0 radical (unpaired) electrons. The van der Waals surface area contributed by atoms with Crippen molar-refractivity contribution >= 4 is 22.6 Å². The molecule has 0 bridgehead atoms. The second-order valence-corrected chi connectivity index (χ2v) is 2.43. The third kappa shape index (κ3) is 4.59. The van der Waals surface area contributed by atoms with Gasteiger partial charge in [0.05, 0.1) is 0 Å². The van der Waals surface area contributed by atoms with Gasteiger partial charge in [-0.05, 0) is 31.0 Å². The minimum Gasteiger partial charge on any atom is -0.319 e. The lowest BCUT2D eigenvalue weighted by Crippen LogP contribution is -2.07. The minimum atomic E-state index is 1.09. The van der Waals surface area contributed by atoms with Crippen molar-refractivity contribution in [3.05, 3.63) is 9.66 Å². The molecule has 0 fully saturated rings. The lowest BCUT2D eigenvalue weighted by molar-refractivity contribution is 0.787. The molecule has 0 unspecified atom stereocenters. The van der Waals surface area contributed by atoms with E-state index in [9.17, 15) is 0 Å². The van der Waals surface area contributed by atoms with Crippen LogP contribution >= 0.6 is 22.6 Å². The van der Waals surface area contributed by atoms with E-state index < -0.39 is 0 Å². The Kier molecular flexibility index (Phi) is 5.86. The zero-order valence-electron chi connectivity index (χ0n) is 5.37. The van der Waals surface area contributed by atoms with Gasteiger partial charge in [0, 0.05) is 0 Å². The molecule has 0 aliphatic rings. The Morgan fingerprint density at radius 2 is 2.38 bits per heavy atom. The molecule has 0 aromatic rings. The Labute approximate surface area is 64.7 Å². The summed E-state index contributed by atoms with van der Waals surface area (Å²) in [5.41, 5.74) is 1.44. The summed E-state index contributed by atoms with van der Waals surface area (Å²) in [6.07, 6.45) is 1.17. The number of nitrogens with one attached hydrogen (secondary N) is 1. The maximum Gasteiger partial charge on any atom is -0.00144 e. The standard InChI is InChI=1S/C6H12IN/c1-6(5-7)3-4-8-2/h5,8H,3-4H2,1-2H3/b6-5+. The molecule has 0 aliphatic carbocycles. The number of rotatable bonds is 3.